The molecule has 0 unspecified atom stereocenters. The van der Waals surface area contributed by atoms with Crippen LogP contribution < -0.4 is 4.31 Å². The highest BCUT2D eigenvalue weighted by molar-refractivity contribution is 7.93. The quantitative estimate of drug-likeness (QED) is 0.757. The number of anilines is 1. The Balaban J connectivity index is 2.22. The summed E-state index contributed by atoms with van der Waals surface area (Å²) in [6.07, 6.45) is 2.73. The van der Waals surface area contributed by atoms with E-state index in [-0.39, 0.29) is 11.7 Å². The topological polar surface area (TPSA) is 57.7 Å². The van der Waals surface area contributed by atoms with Crippen molar-refractivity contribution in [2.45, 2.75) is 40.0 Å². The van der Waals surface area contributed by atoms with Crippen LogP contribution in [-0.2, 0) is 10.0 Å². The smallest absolute Gasteiger partial charge is 0.253 e. The third-order valence-corrected chi connectivity index (χ3v) is 6.65. The van der Waals surface area contributed by atoms with E-state index >= 15 is 0 Å². The summed E-state index contributed by atoms with van der Waals surface area (Å²) in [6, 6.07) is 7.00. The van der Waals surface area contributed by atoms with Crippen molar-refractivity contribution in [2.24, 2.45) is 5.92 Å². The lowest BCUT2D eigenvalue weighted by molar-refractivity contribution is 0.0735. The third kappa shape index (κ3) is 4.09. The van der Waals surface area contributed by atoms with Gasteiger partial charge in [0.2, 0.25) is 10.0 Å². The molecule has 6 heteroatoms. The van der Waals surface area contributed by atoms with Crippen LogP contribution in [0, 0.1) is 5.92 Å². The molecule has 0 aliphatic carbocycles. The van der Waals surface area contributed by atoms with E-state index in [1.54, 1.807) is 24.3 Å². The van der Waals surface area contributed by atoms with Crippen molar-refractivity contribution < 1.29 is 13.2 Å². The minimum atomic E-state index is -3.23. The molecule has 0 radical (unpaired) electrons. The molecule has 0 saturated carbocycles. The van der Waals surface area contributed by atoms with Crippen LogP contribution in [0.3, 0.4) is 0 Å². The van der Waals surface area contributed by atoms with Crippen molar-refractivity contribution in [3.63, 3.8) is 0 Å². The maximum absolute atomic E-state index is 12.8. The van der Waals surface area contributed by atoms with E-state index in [2.05, 4.69) is 13.8 Å². The van der Waals surface area contributed by atoms with Crippen molar-refractivity contribution in [2.75, 3.05) is 29.7 Å². The molecule has 0 atom stereocenters. The van der Waals surface area contributed by atoms with Crippen LogP contribution in [0.15, 0.2) is 24.3 Å². The predicted octanol–water partition coefficient (Wildman–Crippen LogP) is 3.12. The number of rotatable bonds is 7. The molecule has 1 saturated heterocycles. The highest BCUT2D eigenvalue weighted by Crippen LogP contribution is 2.25. The molecule has 1 fully saturated rings. The molecule has 1 heterocycles. The lowest BCUT2D eigenvalue weighted by Gasteiger charge is -2.26. The van der Waals surface area contributed by atoms with Gasteiger partial charge in [0.25, 0.3) is 5.91 Å². The monoisotopic (exact) mass is 352 g/mol. The zero-order valence-electron chi connectivity index (χ0n) is 14.9. The third-order valence-electron chi connectivity index (χ3n) is 4.78. The lowest BCUT2D eigenvalue weighted by Crippen LogP contribution is -2.35. The Hall–Kier alpha value is -1.56. The minimum Gasteiger partial charge on any atom is -0.339 e. The zero-order valence-corrected chi connectivity index (χ0v) is 15.7. The highest BCUT2D eigenvalue weighted by Gasteiger charge is 2.29. The van der Waals surface area contributed by atoms with Crippen molar-refractivity contribution >= 4 is 21.6 Å². The van der Waals surface area contributed by atoms with Gasteiger partial charge in [-0.15, -0.1) is 0 Å². The molecule has 0 bridgehead atoms. The van der Waals surface area contributed by atoms with Gasteiger partial charge in [-0.3, -0.25) is 9.10 Å². The first kappa shape index (κ1) is 18.8. The number of hydrogen-bond donors (Lipinski definition) is 0. The Morgan fingerprint density at radius 2 is 1.96 bits per heavy atom. The summed E-state index contributed by atoms with van der Waals surface area (Å²) in [4.78, 5) is 14.7. The Bertz CT molecular complexity index is 669. The second kappa shape index (κ2) is 8.01. The lowest BCUT2D eigenvalue weighted by atomic mass is 10.0. The standard InChI is InChI=1S/C18H28N2O3S/c1-4-15(5-2)14-19(6-3)18(21)16-9-7-10-17(13-16)20-11-8-12-24(20,22)23/h7,9-10,13,15H,4-6,8,11-12,14H2,1-3H3. The van der Waals surface area contributed by atoms with E-state index < -0.39 is 10.0 Å². The van der Waals surface area contributed by atoms with Gasteiger partial charge in [-0.2, -0.15) is 0 Å². The molecule has 2 rings (SSSR count). The van der Waals surface area contributed by atoms with E-state index in [1.165, 1.54) is 4.31 Å². The molecule has 1 amide bonds. The Morgan fingerprint density at radius 1 is 1.25 bits per heavy atom. The van der Waals surface area contributed by atoms with E-state index in [0.29, 0.717) is 36.7 Å². The summed E-state index contributed by atoms with van der Waals surface area (Å²) in [6.45, 7) is 8.16. The average molecular weight is 353 g/mol. The van der Waals surface area contributed by atoms with Crippen molar-refractivity contribution in [3.05, 3.63) is 29.8 Å². The first-order valence-electron chi connectivity index (χ1n) is 8.82. The SMILES string of the molecule is CCC(CC)CN(CC)C(=O)c1cccc(N2CCCS2(=O)=O)c1. The van der Waals surface area contributed by atoms with E-state index in [1.807, 2.05) is 11.8 Å². The molecule has 5 nitrogen and oxygen atoms in total. The van der Waals surface area contributed by atoms with Crippen LogP contribution in [0.25, 0.3) is 0 Å². The minimum absolute atomic E-state index is 0.0251. The summed E-state index contributed by atoms with van der Waals surface area (Å²) in [5.74, 6) is 0.653. The zero-order chi connectivity index (χ0) is 17.7. The average Bonchev–Trinajstić information content (AvgIpc) is 2.95. The maximum Gasteiger partial charge on any atom is 0.253 e. The first-order chi connectivity index (χ1) is 11.4. The van der Waals surface area contributed by atoms with Crippen LogP contribution in [0.1, 0.15) is 50.4 Å². The molecule has 0 N–H and O–H groups in total. The number of benzene rings is 1. The Morgan fingerprint density at radius 3 is 2.50 bits per heavy atom. The maximum atomic E-state index is 12.8. The van der Waals surface area contributed by atoms with Crippen LogP contribution in [0.5, 0.6) is 0 Å². The summed E-state index contributed by atoms with van der Waals surface area (Å²) >= 11 is 0. The fourth-order valence-corrected chi connectivity index (χ4v) is 4.68. The van der Waals surface area contributed by atoms with Gasteiger partial charge in [0, 0.05) is 25.2 Å². The summed E-state index contributed by atoms with van der Waals surface area (Å²) < 4.78 is 25.6. The molecule has 1 aromatic carbocycles. The van der Waals surface area contributed by atoms with Crippen LogP contribution in [-0.4, -0.2) is 44.6 Å². The second-order valence-corrected chi connectivity index (χ2v) is 8.33. The van der Waals surface area contributed by atoms with Crippen LogP contribution in [0.2, 0.25) is 0 Å². The molecule has 1 aromatic rings. The van der Waals surface area contributed by atoms with Crippen LogP contribution >= 0.6 is 0 Å². The van der Waals surface area contributed by atoms with Gasteiger partial charge < -0.3 is 4.90 Å². The van der Waals surface area contributed by atoms with Gasteiger partial charge in [0.05, 0.1) is 11.4 Å². The van der Waals surface area contributed by atoms with Gasteiger partial charge in [-0.1, -0.05) is 32.8 Å². The fraction of sp³-hybridized carbons (Fsp3) is 0.611. The van der Waals surface area contributed by atoms with E-state index in [4.69, 9.17) is 0 Å². The van der Waals surface area contributed by atoms with Crippen LogP contribution in [0.4, 0.5) is 5.69 Å². The number of nitrogens with zero attached hydrogens (tertiary/aromatic N) is 2. The number of sulfonamides is 1. The molecule has 134 valence electrons. The molecule has 1 aliphatic rings. The van der Waals surface area contributed by atoms with Gasteiger partial charge in [-0.25, -0.2) is 8.42 Å². The second-order valence-electron chi connectivity index (χ2n) is 6.32. The molecular formula is C18H28N2O3S. The van der Waals surface area contributed by atoms with E-state index in [0.717, 1.165) is 19.4 Å². The fourth-order valence-electron chi connectivity index (χ4n) is 3.12. The molecular weight excluding hydrogens is 324 g/mol. The largest absolute Gasteiger partial charge is 0.339 e. The molecule has 24 heavy (non-hydrogen) atoms. The van der Waals surface area contributed by atoms with Crippen molar-refractivity contribution in [3.8, 4) is 0 Å². The van der Waals surface area contributed by atoms with Gasteiger partial charge in [0.15, 0.2) is 0 Å². The summed E-state index contributed by atoms with van der Waals surface area (Å²) in [5, 5.41) is 0. The van der Waals surface area contributed by atoms with Gasteiger partial charge in [0.1, 0.15) is 0 Å². The van der Waals surface area contributed by atoms with Crippen molar-refractivity contribution in [1.29, 1.82) is 0 Å². The van der Waals surface area contributed by atoms with Gasteiger partial charge >= 0.3 is 0 Å². The number of amides is 1. The molecule has 0 aromatic heterocycles. The number of carbonyl (C=O) groups is 1. The first-order valence-corrected chi connectivity index (χ1v) is 10.4. The Kier molecular flexibility index (Phi) is 6.27. The normalized spacial score (nSPS) is 16.6. The number of carbonyl (C=O) groups excluding carboxylic acids is 1. The summed E-state index contributed by atoms with van der Waals surface area (Å²) in [5.41, 5.74) is 1.15. The molecule has 1 aliphatic heterocycles. The Labute approximate surface area is 145 Å². The number of hydrogen-bond acceptors (Lipinski definition) is 3. The van der Waals surface area contributed by atoms with E-state index in [9.17, 15) is 13.2 Å². The predicted molar refractivity (Wildman–Crippen MR) is 97.8 cm³/mol. The molecule has 0 spiro atoms. The van der Waals surface area contributed by atoms with Crippen molar-refractivity contribution in [1.82, 2.24) is 4.90 Å². The highest BCUT2D eigenvalue weighted by atomic mass is 32.2. The van der Waals surface area contributed by atoms with Gasteiger partial charge in [-0.05, 0) is 37.5 Å². The summed E-state index contributed by atoms with van der Waals surface area (Å²) in [7, 11) is -3.23.